The lowest BCUT2D eigenvalue weighted by Gasteiger charge is -2.12. The quantitative estimate of drug-likeness (QED) is 0.810. The van der Waals surface area contributed by atoms with Gasteiger partial charge in [0.15, 0.2) is 0 Å². The topological polar surface area (TPSA) is 49.8 Å². The van der Waals surface area contributed by atoms with E-state index < -0.39 is 0 Å². The van der Waals surface area contributed by atoms with Gasteiger partial charge in [0.1, 0.15) is 10.6 Å². The number of fused-ring (bicyclic) bond motifs is 1. The predicted octanol–water partition coefficient (Wildman–Crippen LogP) is 3.99. The number of hydrogen-bond acceptors (Lipinski definition) is 6. The van der Waals surface area contributed by atoms with Crippen LogP contribution < -0.4 is 10.6 Å². The number of thioether (sulfide) groups is 1. The van der Waals surface area contributed by atoms with Gasteiger partial charge in [-0.15, -0.1) is 11.3 Å². The van der Waals surface area contributed by atoms with Gasteiger partial charge in [-0.3, -0.25) is 0 Å². The number of aryl methyl sites for hydroxylation is 1. The van der Waals surface area contributed by atoms with E-state index in [-0.39, 0.29) is 0 Å². The molecule has 20 heavy (non-hydrogen) atoms. The highest BCUT2D eigenvalue weighted by molar-refractivity contribution is 7.99. The van der Waals surface area contributed by atoms with Gasteiger partial charge in [-0.25, -0.2) is 4.98 Å². The Kier molecular flexibility index (Phi) is 5.48. The van der Waals surface area contributed by atoms with E-state index >= 15 is 0 Å². The number of hydrogen-bond donors (Lipinski definition) is 2. The van der Waals surface area contributed by atoms with Gasteiger partial charge in [-0.2, -0.15) is 16.7 Å². The molecule has 0 radical (unpaired) electrons. The van der Waals surface area contributed by atoms with Crippen LogP contribution in [0.3, 0.4) is 0 Å². The second-order valence-corrected chi connectivity index (χ2v) is 7.34. The summed E-state index contributed by atoms with van der Waals surface area (Å²) in [5.74, 6) is 1.67. The van der Waals surface area contributed by atoms with Crippen molar-refractivity contribution in [1.29, 1.82) is 0 Å². The van der Waals surface area contributed by atoms with Crippen LogP contribution in [0.25, 0.3) is 10.2 Å². The third-order valence-corrected chi connectivity index (χ3v) is 4.92. The Balaban J connectivity index is 2.28. The number of nitrogens with zero attached hydrogens (tertiary/aromatic N) is 2. The van der Waals surface area contributed by atoms with E-state index in [0.29, 0.717) is 5.25 Å². The molecule has 0 aliphatic heterocycles. The summed E-state index contributed by atoms with van der Waals surface area (Å²) in [6.45, 7) is 8.27. The summed E-state index contributed by atoms with van der Waals surface area (Å²) in [5.41, 5.74) is 0. The summed E-state index contributed by atoms with van der Waals surface area (Å²) in [6.07, 6.45) is 3.20. The number of anilines is 2. The molecular formula is C14H22N4S2. The SMILES string of the molecule is CCCNc1nc(NCC(C)SC)c2cc(C)sc2n1. The molecule has 2 aromatic rings. The third-order valence-electron chi connectivity index (χ3n) is 3.01. The highest BCUT2D eigenvalue weighted by atomic mass is 32.2. The zero-order valence-corrected chi connectivity index (χ0v) is 14.1. The maximum absolute atomic E-state index is 4.62. The summed E-state index contributed by atoms with van der Waals surface area (Å²) in [4.78, 5) is 11.5. The van der Waals surface area contributed by atoms with Gasteiger partial charge in [0.25, 0.3) is 0 Å². The van der Waals surface area contributed by atoms with E-state index in [9.17, 15) is 0 Å². The molecule has 110 valence electrons. The summed E-state index contributed by atoms with van der Waals surface area (Å²) in [7, 11) is 0. The van der Waals surface area contributed by atoms with Gasteiger partial charge < -0.3 is 10.6 Å². The van der Waals surface area contributed by atoms with Crippen molar-refractivity contribution in [2.75, 3.05) is 30.0 Å². The molecular weight excluding hydrogens is 288 g/mol. The third kappa shape index (κ3) is 3.76. The second kappa shape index (κ2) is 7.13. The molecule has 0 spiro atoms. The summed E-state index contributed by atoms with van der Waals surface area (Å²) in [6, 6.07) is 2.16. The molecule has 0 aliphatic rings. The minimum Gasteiger partial charge on any atom is -0.368 e. The molecule has 1 atom stereocenters. The van der Waals surface area contributed by atoms with E-state index in [1.54, 1.807) is 11.3 Å². The van der Waals surface area contributed by atoms with Crippen molar-refractivity contribution in [2.24, 2.45) is 0 Å². The first-order chi connectivity index (χ1) is 9.63. The normalized spacial score (nSPS) is 12.6. The first kappa shape index (κ1) is 15.4. The second-order valence-electron chi connectivity index (χ2n) is 4.83. The molecule has 0 saturated carbocycles. The lowest BCUT2D eigenvalue weighted by atomic mass is 10.3. The predicted molar refractivity (Wildman–Crippen MR) is 92.4 cm³/mol. The summed E-state index contributed by atoms with van der Waals surface area (Å²) < 4.78 is 0. The maximum Gasteiger partial charge on any atom is 0.226 e. The molecule has 0 amide bonds. The lowest BCUT2D eigenvalue weighted by Crippen LogP contribution is -2.14. The van der Waals surface area contributed by atoms with E-state index in [4.69, 9.17) is 0 Å². The Morgan fingerprint density at radius 3 is 2.85 bits per heavy atom. The Labute approximate surface area is 128 Å². The molecule has 2 rings (SSSR count). The molecule has 0 aromatic carbocycles. The average Bonchev–Trinajstić information content (AvgIpc) is 2.82. The number of thiophene rings is 1. The minimum atomic E-state index is 0.562. The molecule has 1 unspecified atom stereocenters. The van der Waals surface area contributed by atoms with Crippen molar-refractivity contribution >= 4 is 45.1 Å². The Morgan fingerprint density at radius 1 is 1.35 bits per heavy atom. The van der Waals surface area contributed by atoms with Crippen LogP contribution in [0, 0.1) is 6.92 Å². The Hall–Kier alpha value is -1.01. The van der Waals surface area contributed by atoms with Crippen molar-refractivity contribution in [2.45, 2.75) is 32.4 Å². The zero-order valence-electron chi connectivity index (χ0n) is 12.5. The van der Waals surface area contributed by atoms with E-state index in [1.807, 2.05) is 11.8 Å². The highest BCUT2D eigenvalue weighted by Crippen LogP contribution is 2.29. The van der Waals surface area contributed by atoms with Gasteiger partial charge in [0.05, 0.1) is 5.39 Å². The van der Waals surface area contributed by atoms with Crippen LogP contribution in [0.15, 0.2) is 6.07 Å². The number of rotatable bonds is 7. The molecule has 2 heterocycles. The molecule has 0 saturated heterocycles. The molecule has 2 aromatic heterocycles. The van der Waals surface area contributed by atoms with Gasteiger partial charge in [-0.05, 0) is 25.7 Å². The van der Waals surface area contributed by atoms with Crippen LogP contribution >= 0.6 is 23.1 Å². The molecule has 0 fully saturated rings. The molecule has 0 aliphatic carbocycles. The highest BCUT2D eigenvalue weighted by Gasteiger charge is 2.11. The monoisotopic (exact) mass is 310 g/mol. The first-order valence-corrected chi connectivity index (χ1v) is 9.03. The van der Waals surface area contributed by atoms with Gasteiger partial charge in [-0.1, -0.05) is 13.8 Å². The van der Waals surface area contributed by atoms with Crippen LogP contribution in [0.2, 0.25) is 0 Å². The Morgan fingerprint density at radius 2 is 2.15 bits per heavy atom. The standard InChI is InChI=1S/C14H22N4S2/c1-5-6-15-14-17-12(16-8-10(3)19-4)11-7-9(2)20-13(11)18-14/h7,10H,5-6,8H2,1-4H3,(H2,15,16,17,18). The number of aromatic nitrogens is 2. The lowest BCUT2D eigenvalue weighted by molar-refractivity contribution is 0.952. The maximum atomic E-state index is 4.62. The van der Waals surface area contributed by atoms with Crippen LogP contribution in [0.4, 0.5) is 11.8 Å². The Bertz CT molecular complexity index is 568. The average molecular weight is 310 g/mol. The molecule has 0 bridgehead atoms. The van der Waals surface area contributed by atoms with E-state index in [1.165, 1.54) is 4.88 Å². The van der Waals surface area contributed by atoms with E-state index in [2.05, 4.69) is 53.7 Å². The smallest absolute Gasteiger partial charge is 0.226 e. The van der Waals surface area contributed by atoms with Gasteiger partial charge in [0, 0.05) is 23.2 Å². The largest absolute Gasteiger partial charge is 0.368 e. The van der Waals surface area contributed by atoms with Crippen LogP contribution in [0.5, 0.6) is 0 Å². The fraction of sp³-hybridized carbons (Fsp3) is 0.571. The zero-order chi connectivity index (χ0) is 14.5. The van der Waals surface area contributed by atoms with Crippen molar-refractivity contribution < 1.29 is 0 Å². The molecule has 4 nitrogen and oxygen atoms in total. The molecule has 6 heteroatoms. The van der Waals surface area contributed by atoms with Crippen LogP contribution in [0.1, 0.15) is 25.1 Å². The minimum absolute atomic E-state index is 0.562. The van der Waals surface area contributed by atoms with Gasteiger partial charge in [0.2, 0.25) is 5.95 Å². The van der Waals surface area contributed by atoms with Crippen molar-refractivity contribution in [3.63, 3.8) is 0 Å². The van der Waals surface area contributed by atoms with Crippen molar-refractivity contribution in [1.82, 2.24) is 9.97 Å². The van der Waals surface area contributed by atoms with Crippen LogP contribution in [-0.2, 0) is 0 Å². The summed E-state index contributed by atoms with van der Waals surface area (Å²) >= 11 is 3.57. The van der Waals surface area contributed by atoms with E-state index in [0.717, 1.165) is 41.5 Å². The fourth-order valence-corrected chi connectivity index (χ4v) is 2.95. The first-order valence-electron chi connectivity index (χ1n) is 6.92. The van der Waals surface area contributed by atoms with Crippen molar-refractivity contribution in [3.05, 3.63) is 10.9 Å². The number of nitrogens with one attached hydrogen (secondary N) is 2. The molecule has 2 N–H and O–H groups in total. The fourth-order valence-electron chi connectivity index (χ4n) is 1.82. The van der Waals surface area contributed by atoms with Gasteiger partial charge >= 0.3 is 0 Å². The van der Waals surface area contributed by atoms with Crippen molar-refractivity contribution in [3.8, 4) is 0 Å². The van der Waals surface area contributed by atoms with Crippen LogP contribution in [-0.4, -0.2) is 34.6 Å². The summed E-state index contributed by atoms with van der Waals surface area (Å²) in [5, 5.41) is 8.43.